The molecule has 10 heteroatoms. The van der Waals surface area contributed by atoms with Crippen LogP contribution in [-0.4, -0.2) is 22.9 Å². The van der Waals surface area contributed by atoms with Crippen molar-refractivity contribution in [3.63, 3.8) is 0 Å². The van der Waals surface area contributed by atoms with E-state index >= 15 is 0 Å². The van der Waals surface area contributed by atoms with Gasteiger partial charge in [0.15, 0.2) is 6.29 Å². The molecule has 0 radical (unpaired) electrons. The maximum Gasteiger partial charge on any atom is 0.416 e. The van der Waals surface area contributed by atoms with Gasteiger partial charge in [-0.25, -0.2) is 4.98 Å². The summed E-state index contributed by atoms with van der Waals surface area (Å²) in [5.41, 5.74) is -1.28. The van der Waals surface area contributed by atoms with Crippen LogP contribution in [0.3, 0.4) is 0 Å². The highest BCUT2D eigenvalue weighted by molar-refractivity contribution is 5.35. The number of rotatable bonds is 5. The zero-order valence-electron chi connectivity index (χ0n) is 18.0. The summed E-state index contributed by atoms with van der Waals surface area (Å²) in [6, 6.07) is 10.8. The number of hydrogen-bond donors (Lipinski definition) is 1. The van der Waals surface area contributed by atoms with E-state index in [0.29, 0.717) is 25.2 Å². The third-order valence-electron chi connectivity index (χ3n) is 5.96. The number of aromatic nitrogens is 2. The standard InChI is InChI=1S/C24H22F6N2O2/c1-14(16-9-17(23(25,26)27)11-18(10-16)24(28,29)30)34-22-21(15-5-3-2-4-6-15)19(7-8-33-22)20-12-31-13-32-20/h2-6,9-14,19,21-22H,7-8H2,1H3,(H,31,32). The number of alkyl halides is 6. The van der Waals surface area contributed by atoms with Crippen LogP contribution in [0.4, 0.5) is 26.3 Å². The van der Waals surface area contributed by atoms with Gasteiger partial charge in [-0.3, -0.25) is 0 Å². The summed E-state index contributed by atoms with van der Waals surface area (Å²) in [6.45, 7) is 1.72. The number of H-pyrrole nitrogens is 1. The van der Waals surface area contributed by atoms with Gasteiger partial charge in [-0.05, 0) is 42.7 Å². The van der Waals surface area contributed by atoms with Crippen molar-refractivity contribution in [2.24, 2.45) is 0 Å². The van der Waals surface area contributed by atoms with Crippen LogP contribution in [-0.2, 0) is 21.8 Å². The first kappa shape index (κ1) is 24.3. The Hall–Kier alpha value is -2.85. The Bertz CT molecular complexity index is 1050. The fourth-order valence-electron chi connectivity index (χ4n) is 4.28. The molecule has 2 aromatic carbocycles. The molecule has 0 bridgehead atoms. The van der Waals surface area contributed by atoms with E-state index < -0.39 is 35.9 Å². The number of benzene rings is 2. The first-order chi connectivity index (χ1) is 16.0. The first-order valence-electron chi connectivity index (χ1n) is 10.6. The van der Waals surface area contributed by atoms with Gasteiger partial charge in [-0.1, -0.05) is 30.3 Å². The average molecular weight is 484 g/mol. The first-order valence-corrected chi connectivity index (χ1v) is 10.6. The van der Waals surface area contributed by atoms with E-state index in [4.69, 9.17) is 9.47 Å². The molecule has 0 aliphatic carbocycles. The van der Waals surface area contributed by atoms with Gasteiger partial charge in [0.25, 0.3) is 0 Å². The van der Waals surface area contributed by atoms with Crippen molar-refractivity contribution in [1.29, 1.82) is 0 Å². The Morgan fingerprint density at radius 1 is 1.00 bits per heavy atom. The maximum absolute atomic E-state index is 13.3. The number of halogens is 6. The third kappa shape index (κ3) is 5.28. The van der Waals surface area contributed by atoms with Crippen LogP contribution < -0.4 is 0 Å². The number of aromatic amines is 1. The molecule has 4 nitrogen and oxygen atoms in total. The van der Waals surface area contributed by atoms with Gasteiger partial charge in [-0.2, -0.15) is 26.3 Å². The molecule has 1 fully saturated rings. The molecule has 1 aliphatic rings. The van der Waals surface area contributed by atoms with Crippen LogP contribution in [0, 0.1) is 0 Å². The monoisotopic (exact) mass is 484 g/mol. The maximum atomic E-state index is 13.3. The second kappa shape index (κ2) is 9.42. The van der Waals surface area contributed by atoms with Crippen LogP contribution >= 0.6 is 0 Å². The van der Waals surface area contributed by atoms with Crippen LogP contribution in [0.15, 0.2) is 61.1 Å². The van der Waals surface area contributed by atoms with E-state index in [2.05, 4.69) is 9.97 Å². The van der Waals surface area contributed by atoms with Gasteiger partial charge in [0, 0.05) is 23.7 Å². The molecule has 1 aliphatic heterocycles. The lowest BCUT2D eigenvalue weighted by Crippen LogP contribution is -2.36. The molecule has 34 heavy (non-hydrogen) atoms. The Kier molecular flexibility index (Phi) is 6.73. The highest BCUT2D eigenvalue weighted by Gasteiger charge is 2.40. The summed E-state index contributed by atoms with van der Waals surface area (Å²) in [6.07, 6.45) is -7.99. The van der Waals surface area contributed by atoms with Crippen molar-refractivity contribution in [1.82, 2.24) is 9.97 Å². The van der Waals surface area contributed by atoms with E-state index in [1.807, 2.05) is 30.3 Å². The zero-order chi connectivity index (χ0) is 24.5. The molecule has 182 valence electrons. The second-order valence-electron chi connectivity index (χ2n) is 8.20. The van der Waals surface area contributed by atoms with Crippen molar-refractivity contribution in [3.8, 4) is 0 Å². The van der Waals surface area contributed by atoms with Crippen molar-refractivity contribution in [2.45, 2.75) is 49.9 Å². The second-order valence-corrected chi connectivity index (χ2v) is 8.20. The van der Waals surface area contributed by atoms with Crippen molar-refractivity contribution in [3.05, 3.63) is 89.0 Å². The molecule has 0 saturated carbocycles. The SMILES string of the molecule is CC(OC1OCCC(c2cnc[nH]2)C1c1ccccc1)c1cc(C(F)(F)F)cc(C(F)(F)F)c1. The number of nitrogens with one attached hydrogen (secondary N) is 1. The number of hydrogen-bond acceptors (Lipinski definition) is 3. The van der Waals surface area contributed by atoms with Crippen LogP contribution in [0.2, 0.25) is 0 Å². The van der Waals surface area contributed by atoms with Gasteiger partial charge in [0.2, 0.25) is 0 Å². The quantitative estimate of drug-likeness (QED) is 0.404. The Labute approximate surface area is 191 Å². The summed E-state index contributed by atoms with van der Waals surface area (Å²) in [5.74, 6) is -0.450. The smallest absolute Gasteiger partial charge is 0.352 e. The molecule has 3 aromatic rings. The molecular weight excluding hydrogens is 462 g/mol. The molecular formula is C24H22F6N2O2. The van der Waals surface area contributed by atoms with E-state index in [1.54, 1.807) is 12.5 Å². The van der Waals surface area contributed by atoms with E-state index in [-0.39, 0.29) is 23.5 Å². The summed E-state index contributed by atoms with van der Waals surface area (Å²) in [4.78, 5) is 7.16. The summed E-state index contributed by atoms with van der Waals surface area (Å²) in [5, 5.41) is 0. The normalized spacial score (nSPS) is 22.5. The minimum atomic E-state index is -4.94. The Morgan fingerprint density at radius 2 is 1.65 bits per heavy atom. The van der Waals surface area contributed by atoms with E-state index in [0.717, 1.165) is 11.3 Å². The zero-order valence-corrected chi connectivity index (χ0v) is 18.0. The van der Waals surface area contributed by atoms with Crippen molar-refractivity contribution >= 4 is 0 Å². The van der Waals surface area contributed by atoms with E-state index in [9.17, 15) is 26.3 Å². The van der Waals surface area contributed by atoms with Gasteiger partial charge >= 0.3 is 12.4 Å². The Morgan fingerprint density at radius 3 is 2.21 bits per heavy atom. The van der Waals surface area contributed by atoms with Gasteiger partial charge in [0.05, 0.1) is 30.2 Å². The molecule has 1 saturated heterocycles. The predicted octanol–water partition coefficient (Wildman–Crippen LogP) is 6.84. The molecule has 4 atom stereocenters. The minimum absolute atomic E-state index is 0.0944. The lowest BCUT2D eigenvalue weighted by molar-refractivity contribution is -0.202. The Balaban J connectivity index is 1.68. The average Bonchev–Trinajstić information content (AvgIpc) is 3.33. The van der Waals surface area contributed by atoms with Crippen LogP contribution in [0.1, 0.15) is 59.2 Å². The lowest BCUT2D eigenvalue weighted by atomic mass is 9.80. The molecule has 4 unspecified atom stereocenters. The lowest BCUT2D eigenvalue weighted by Gasteiger charge is -2.39. The molecule has 4 rings (SSSR count). The molecule has 1 N–H and O–H groups in total. The highest BCUT2D eigenvalue weighted by atomic mass is 19.4. The fourth-order valence-corrected chi connectivity index (χ4v) is 4.28. The van der Waals surface area contributed by atoms with Crippen molar-refractivity contribution in [2.75, 3.05) is 6.61 Å². The summed E-state index contributed by atoms with van der Waals surface area (Å²) in [7, 11) is 0. The molecule has 2 heterocycles. The van der Waals surface area contributed by atoms with Crippen molar-refractivity contribution < 1.29 is 35.8 Å². The topological polar surface area (TPSA) is 47.1 Å². The number of ether oxygens (including phenoxy) is 2. The van der Waals surface area contributed by atoms with E-state index in [1.165, 1.54) is 6.92 Å². The van der Waals surface area contributed by atoms with Gasteiger partial charge < -0.3 is 14.5 Å². The number of imidazole rings is 1. The summed E-state index contributed by atoms with van der Waals surface area (Å²) >= 11 is 0. The van der Waals surface area contributed by atoms with Crippen LogP contribution in [0.5, 0.6) is 0 Å². The molecule has 0 spiro atoms. The third-order valence-corrected chi connectivity index (χ3v) is 5.96. The molecule has 1 aromatic heterocycles. The van der Waals surface area contributed by atoms with Gasteiger partial charge in [0.1, 0.15) is 0 Å². The molecule has 0 amide bonds. The van der Waals surface area contributed by atoms with Gasteiger partial charge in [-0.15, -0.1) is 0 Å². The summed E-state index contributed by atoms with van der Waals surface area (Å²) < 4.78 is 91.7. The number of nitrogens with zero attached hydrogens (tertiary/aromatic N) is 1. The fraction of sp³-hybridized carbons (Fsp3) is 0.375. The highest BCUT2D eigenvalue weighted by Crippen LogP contribution is 2.44. The largest absolute Gasteiger partial charge is 0.416 e. The van der Waals surface area contributed by atoms with Crippen LogP contribution in [0.25, 0.3) is 0 Å². The minimum Gasteiger partial charge on any atom is -0.352 e. The predicted molar refractivity (Wildman–Crippen MR) is 111 cm³/mol.